The first-order valence-corrected chi connectivity index (χ1v) is 9.31. The monoisotopic (exact) mass is 377 g/mol. The molecule has 0 bridgehead atoms. The highest BCUT2D eigenvalue weighted by Gasteiger charge is 2.42. The van der Waals surface area contributed by atoms with Gasteiger partial charge in [0.2, 0.25) is 5.91 Å². The van der Waals surface area contributed by atoms with E-state index in [2.05, 4.69) is 12.2 Å². The van der Waals surface area contributed by atoms with E-state index in [0.29, 0.717) is 42.8 Å². The van der Waals surface area contributed by atoms with Crippen molar-refractivity contribution in [1.29, 1.82) is 0 Å². The summed E-state index contributed by atoms with van der Waals surface area (Å²) in [6.07, 6.45) is 0.959. The summed E-state index contributed by atoms with van der Waals surface area (Å²) in [4.78, 5) is 40.4. The van der Waals surface area contributed by atoms with Crippen LogP contribution in [0.4, 0.5) is 5.69 Å². The Hall–Kier alpha value is -2.08. The van der Waals surface area contributed by atoms with Crippen LogP contribution in [0, 0.1) is 25.7 Å². The largest absolute Gasteiger partial charge is 0.339 e. The lowest BCUT2D eigenvalue weighted by molar-refractivity contribution is -0.146. The van der Waals surface area contributed by atoms with Gasteiger partial charge in [0.25, 0.3) is 0 Å². The Morgan fingerprint density at radius 3 is 2.04 bits per heavy atom. The van der Waals surface area contributed by atoms with Gasteiger partial charge >= 0.3 is 11.8 Å². The molecule has 0 aromatic heterocycles. The first-order chi connectivity index (χ1) is 12.3. The first-order valence-electron chi connectivity index (χ1n) is 8.93. The van der Waals surface area contributed by atoms with Crippen LogP contribution in [0.15, 0.2) is 12.1 Å². The maximum Gasteiger partial charge on any atom is 0.313 e. The molecule has 1 heterocycles. The number of aryl methyl sites for hydroxylation is 2. The number of anilines is 1. The molecule has 26 heavy (non-hydrogen) atoms. The van der Waals surface area contributed by atoms with Crippen molar-refractivity contribution in [3.05, 3.63) is 28.3 Å². The van der Waals surface area contributed by atoms with Crippen molar-refractivity contribution in [1.82, 2.24) is 9.80 Å². The van der Waals surface area contributed by atoms with Gasteiger partial charge in [0.1, 0.15) is 0 Å². The second kappa shape index (κ2) is 7.27. The number of piperazine rings is 1. The van der Waals surface area contributed by atoms with Gasteiger partial charge in [0, 0.05) is 42.8 Å². The van der Waals surface area contributed by atoms with Crippen molar-refractivity contribution < 1.29 is 14.4 Å². The van der Waals surface area contributed by atoms with Crippen molar-refractivity contribution in [2.75, 3.05) is 31.5 Å². The summed E-state index contributed by atoms with van der Waals surface area (Å²) in [5.74, 6) is -0.420. The third-order valence-corrected chi connectivity index (χ3v) is 5.45. The maximum absolute atomic E-state index is 12.5. The lowest BCUT2D eigenvalue weighted by atomic mass is 10.1. The van der Waals surface area contributed by atoms with Crippen LogP contribution in [-0.4, -0.2) is 53.7 Å². The van der Waals surface area contributed by atoms with E-state index in [1.807, 2.05) is 18.7 Å². The van der Waals surface area contributed by atoms with Crippen LogP contribution in [0.1, 0.15) is 24.5 Å². The Bertz CT molecular complexity index is 733. The summed E-state index contributed by atoms with van der Waals surface area (Å²) in [6, 6.07) is 3.50. The number of nitrogens with zero attached hydrogens (tertiary/aromatic N) is 2. The Labute approximate surface area is 158 Å². The SMILES string of the molecule is Cc1cc(Cl)cc(C)c1NC(=O)C(=O)N1CCN(C(=O)[C@@H]2C[C@@H]2C)CC1. The van der Waals surface area contributed by atoms with Crippen LogP contribution in [0.5, 0.6) is 0 Å². The second-order valence-corrected chi connectivity index (χ2v) is 7.74. The van der Waals surface area contributed by atoms with Crippen molar-refractivity contribution >= 4 is 35.0 Å². The van der Waals surface area contributed by atoms with Gasteiger partial charge in [-0.15, -0.1) is 0 Å². The average Bonchev–Trinajstić information content (AvgIpc) is 3.33. The van der Waals surface area contributed by atoms with E-state index in [4.69, 9.17) is 11.6 Å². The van der Waals surface area contributed by atoms with Gasteiger partial charge in [-0.1, -0.05) is 18.5 Å². The molecule has 1 aliphatic carbocycles. The molecule has 1 saturated heterocycles. The van der Waals surface area contributed by atoms with Gasteiger partial charge in [-0.05, 0) is 49.4 Å². The minimum atomic E-state index is -0.658. The molecular weight excluding hydrogens is 354 g/mol. The van der Waals surface area contributed by atoms with Crippen molar-refractivity contribution in [3.8, 4) is 0 Å². The molecule has 1 saturated carbocycles. The zero-order valence-corrected chi connectivity index (χ0v) is 16.1. The molecule has 0 unspecified atom stereocenters. The summed E-state index contributed by atoms with van der Waals surface area (Å²) in [5.41, 5.74) is 2.24. The maximum atomic E-state index is 12.5. The summed E-state index contributed by atoms with van der Waals surface area (Å²) in [5, 5.41) is 3.29. The lowest BCUT2D eigenvalue weighted by Crippen LogP contribution is -2.53. The molecule has 3 rings (SSSR count). The number of halogens is 1. The molecule has 2 aliphatic rings. The van der Waals surface area contributed by atoms with E-state index in [0.717, 1.165) is 17.5 Å². The molecule has 0 spiro atoms. The van der Waals surface area contributed by atoms with E-state index in [9.17, 15) is 14.4 Å². The second-order valence-electron chi connectivity index (χ2n) is 7.31. The number of hydrogen-bond acceptors (Lipinski definition) is 3. The predicted octanol–water partition coefficient (Wildman–Crippen LogP) is 2.22. The number of rotatable bonds is 2. The van der Waals surface area contributed by atoms with Crippen molar-refractivity contribution in [2.45, 2.75) is 27.2 Å². The van der Waals surface area contributed by atoms with Crippen molar-refractivity contribution in [3.63, 3.8) is 0 Å². The van der Waals surface area contributed by atoms with Crippen LogP contribution in [0.2, 0.25) is 5.02 Å². The summed E-state index contributed by atoms with van der Waals surface area (Å²) in [6.45, 7) is 7.49. The molecule has 3 amide bonds. The van der Waals surface area contributed by atoms with Gasteiger partial charge < -0.3 is 15.1 Å². The molecule has 7 heteroatoms. The van der Waals surface area contributed by atoms with E-state index in [1.165, 1.54) is 4.90 Å². The van der Waals surface area contributed by atoms with E-state index in [1.54, 1.807) is 12.1 Å². The fraction of sp³-hybridized carbons (Fsp3) is 0.526. The van der Waals surface area contributed by atoms with E-state index < -0.39 is 11.8 Å². The predicted molar refractivity (Wildman–Crippen MR) is 100.0 cm³/mol. The molecule has 0 radical (unpaired) electrons. The highest BCUT2D eigenvalue weighted by atomic mass is 35.5. The Kier molecular flexibility index (Phi) is 5.23. The number of carbonyl (C=O) groups is 3. The van der Waals surface area contributed by atoms with Crippen LogP contribution < -0.4 is 5.32 Å². The molecule has 1 aromatic carbocycles. The number of benzene rings is 1. The average molecular weight is 378 g/mol. The molecule has 1 aromatic rings. The minimum absolute atomic E-state index is 0.149. The standard InChI is InChI=1S/C19H24ClN3O3/c1-11-10-15(11)18(25)22-4-6-23(7-5-22)19(26)17(24)21-16-12(2)8-14(20)9-13(16)3/h8-9,11,15H,4-7,10H2,1-3H3,(H,21,24)/t11-,15+/m0/s1. The lowest BCUT2D eigenvalue weighted by Gasteiger charge is -2.34. The molecular formula is C19H24ClN3O3. The summed E-state index contributed by atoms with van der Waals surface area (Å²) >= 11 is 6.00. The third kappa shape index (κ3) is 3.85. The van der Waals surface area contributed by atoms with Crippen molar-refractivity contribution in [2.24, 2.45) is 11.8 Å². The normalized spacial score (nSPS) is 22.2. The summed E-state index contributed by atoms with van der Waals surface area (Å²) < 4.78 is 0. The van der Waals surface area contributed by atoms with Gasteiger partial charge in [0.05, 0.1) is 0 Å². The number of amides is 3. The fourth-order valence-electron chi connectivity index (χ4n) is 3.45. The number of hydrogen-bond donors (Lipinski definition) is 1. The summed E-state index contributed by atoms with van der Waals surface area (Å²) in [7, 11) is 0. The van der Waals surface area contributed by atoms with Crippen LogP contribution in [0.3, 0.4) is 0 Å². The zero-order chi connectivity index (χ0) is 19.0. The van der Waals surface area contributed by atoms with Crippen LogP contribution in [0.25, 0.3) is 0 Å². The topological polar surface area (TPSA) is 69.7 Å². The Morgan fingerprint density at radius 1 is 1.04 bits per heavy atom. The van der Waals surface area contributed by atoms with Crippen LogP contribution in [-0.2, 0) is 14.4 Å². The molecule has 1 N–H and O–H groups in total. The highest BCUT2D eigenvalue weighted by Crippen LogP contribution is 2.39. The quantitative estimate of drug-likeness (QED) is 0.803. The van der Waals surface area contributed by atoms with Gasteiger partial charge in [0.15, 0.2) is 0 Å². The zero-order valence-electron chi connectivity index (χ0n) is 15.3. The highest BCUT2D eigenvalue weighted by molar-refractivity contribution is 6.39. The number of nitrogens with one attached hydrogen (secondary N) is 1. The Balaban J connectivity index is 1.57. The fourth-order valence-corrected chi connectivity index (χ4v) is 3.78. The first kappa shape index (κ1) is 18.7. The van der Waals surface area contributed by atoms with Gasteiger partial charge in [-0.3, -0.25) is 14.4 Å². The minimum Gasteiger partial charge on any atom is -0.339 e. The van der Waals surface area contributed by atoms with Gasteiger partial charge in [-0.25, -0.2) is 0 Å². The Morgan fingerprint density at radius 2 is 1.54 bits per heavy atom. The van der Waals surface area contributed by atoms with Gasteiger partial charge in [-0.2, -0.15) is 0 Å². The molecule has 6 nitrogen and oxygen atoms in total. The third-order valence-electron chi connectivity index (χ3n) is 5.24. The van der Waals surface area contributed by atoms with Crippen LogP contribution >= 0.6 is 11.6 Å². The smallest absolute Gasteiger partial charge is 0.313 e. The number of carbonyl (C=O) groups excluding carboxylic acids is 3. The molecule has 2 fully saturated rings. The molecule has 2 atom stereocenters. The van der Waals surface area contributed by atoms with E-state index >= 15 is 0 Å². The van der Waals surface area contributed by atoms with E-state index in [-0.39, 0.29) is 11.8 Å². The molecule has 1 aliphatic heterocycles. The molecule has 140 valence electrons.